The van der Waals surface area contributed by atoms with Crippen molar-refractivity contribution in [3.8, 4) is 11.3 Å². The standard InChI is InChI=1S/C17H13N3O2S/c21-17(18-10-13-4-3-8-22-13)15-16(12-6-9-23-11-12)20-7-2-1-5-14(20)19-15/h1-9,11H,10H2,(H,18,21). The van der Waals surface area contributed by atoms with E-state index in [2.05, 4.69) is 10.3 Å². The van der Waals surface area contributed by atoms with Gasteiger partial charge in [-0.3, -0.25) is 9.20 Å². The molecule has 114 valence electrons. The van der Waals surface area contributed by atoms with Gasteiger partial charge >= 0.3 is 0 Å². The molecule has 0 aliphatic rings. The van der Waals surface area contributed by atoms with E-state index in [1.165, 1.54) is 0 Å². The molecule has 0 aromatic carbocycles. The van der Waals surface area contributed by atoms with Crippen LogP contribution in [-0.2, 0) is 6.54 Å². The summed E-state index contributed by atoms with van der Waals surface area (Å²) in [5, 5.41) is 6.86. The molecule has 0 atom stereocenters. The zero-order valence-electron chi connectivity index (χ0n) is 12.1. The van der Waals surface area contributed by atoms with Crippen molar-refractivity contribution >= 4 is 22.9 Å². The molecule has 0 aliphatic carbocycles. The van der Waals surface area contributed by atoms with Gasteiger partial charge in [0, 0.05) is 17.1 Å². The second kappa shape index (κ2) is 5.73. The van der Waals surface area contributed by atoms with Crippen molar-refractivity contribution in [2.45, 2.75) is 6.54 Å². The topological polar surface area (TPSA) is 59.5 Å². The number of aromatic nitrogens is 2. The van der Waals surface area contributed by atoms with Crippen LogP contribution < -0.4 is 5.32 Å². The van der Waals surface area contributed by atoms with Gasteiger partial charge in [-0.15, -0.1) is 0 Å². The first-order chi connectivity index (χ1) is 11.3. The van der Waals surface area contributed by atoms with Gasteiger partial charge in [0.05, 0.1) is 18.5 Å². The van der Waals surface area contributed by atoms with Crippen LogP contribution in [0.5, 0.6) is 0 Å². The normalized spacial score (nSPS) is 11.0. The van der Waals surface area contributed by atoms with E-state index in [0.717, 1.165) is 16.9 Å². The molecule has 0 saturated carbocycles. The number of thiophene rings is 1. The van der Waals surface area contributed by atoms with E-state index >= 15 is 0 Å². The van der Waals surface area contributed by atoms with Gasteiger partial charge in [0.1, 0.15) is 11.4 Å². The number of carbonyl (C=O) groups excluding carboxylic acids is 1. The maximum Gasteiger partial charge on any atom is 0.272 e. The molecule has 4 aromatic rings. The average Bonchev–Trinajstić information content (AvgIpc) is 3.30. The first-order valence-corrected chi connectivity index (χ1v) is 8.07. The monoisotopic (exact) mass is 323 g/mol. The van der Waals surface area contributed by atoms with E-state index < -0.39 is 0 Å². The van der Waals surface area contributed by atoms with Crippen molar-refractivity contribution < 1.29 is 9.21 Å². The van der Waals surface area contributed by atoms with Crippen molar-refractivity contribution in [2.24, 2.45) is 0 Å². The first-order valence-electron chi connectivity index (χ1n) is 7.13. The lowest BCUT2D eigenvalue weighted by atomic mass is 10.2. The number of nitrogens with zero attached hydrogens (tertiary/aromatic N) is 2. The second-order valence-electron chi connectivity index (χ2n) is 5.01. The Bertz CT molecular complexity index is 940. The molecule has 4 rings (SSSR count). The third kappa shape index (κ3) is 2.53. The highest BCUT2D eigenvalue weighted by Gasteiger charge is 2.20. The molecule has 0 aliphatic heterocycles. The highest BCUT2D eigenvalue weighted by Crippen LogP contribution is 2.27. The number of amides is 1. The summed E-state index contributed by atoms with van der Waals surface area (Å²) in [7, 11) is 0. The fourth-order valence-electron chi connectivity index (χ4n) is 2.49. The van der Waals surface area contributed by atoms with Gasteiger partial charge in [-0.05, 0) is 35.7 Å². The van der Waals surface area contributed by atoms with E-state index in [1.807, 2.05) is 51.7 Å². The van der Waals surface area contributed by atoms with Crippen LogP contribution in [0.4, 0.5) is 0 Å². The van der Waals surface area contributed by atoms with Crippen LogP contribution in [0, 0.1) is 0 Å². The van der Waals surface area contributed by atoms with Gasteiger partial charge in [0.25, 0.3) is 5.91 Å². The highest BCUT2D eigenvalue weighted by molar-refractivity contribution is 7.08. The van der Waals surface area contributed by atoms with E-state index in [4.69, 9.17) is 4.42 Å². The fourth-order valence-corrected chi connectivity index (χ4v) is 3.13. The van der Waals surface area contributed by atoms with Crippen LogP contribution in [0.1, 0.15) is 16.2 Å². The van der Waals surface area contributed by atoms with Crippen LogP contribution in [0.15, 0.2) is 64.0 Å². The summed E-state index contributed by atoms with van der Waals surface area (Å²) >= 11 is 1.59. The van der Waals surface area contributed by atoms with Crippen molar-refractivity contribution in [2.75, 3.05) is 0 Å². The number of carbonyl (C=O) groups is 1. The van der Waals surface area contributed by atoms with Crippen LogP contribution in [-0.4, -0.2) is 15.3 Å². The van der Waals surface area contributed by atoms with Crippen LogP contribution in [0.2, 0.25) is 0 Å². The number of hydrogen-bond acceptors (Lipinski definition) is 4. The Balaban J connectivity index is 1.74. The first kappa shape index (κ1) is 13.8. The zero-order valence-corrected chi connectivity index (χ0v) is 12.9. The van der Waals surface area contributed by atoms with Gasteiger partial charge in [0.2, 0.25) is 0 Å². The Morgan fingerprint density at radius 2 is 2.22 bits per heavy atom. The summed E-state index contributed by atoms with van der Waals surface area (Å²) < 4.78 is 7.18. The number of furan rings is 1. The smallest absolute Gasteiger partial charge is 0.272 e. The van der Waals surface area contributed by atoms with E-state index in [1.54, 1.807) is 23.7 Å². The number of imidazole rings is 1. The molecule has 0 bridgehead atoms. The molecule has 0 radical (unpaired) electrons. The summed E-state index contributed by atoms with van der Waals surface area (Å²) in [5.74, 6) is 0.491. The zero-order chi connectivity index (χ0) is 15.6. The number of fused-ring (bicyclic) bond motifs is 1. The maximum absolute atomic E-state index is 12.6. The third-order valence-electron chi connectivity index (χ3n) is 3.54. The van der Waals surface area contributed by atoms with Gasteiger partial charge in [-0.25, -0.2) is 4.98 Å². The average molecular weight is 323 g/mol. The number of pyridine rings is 1. The number of nitrogens with one attached hydrogen (secondary N) is 1. The third-order valence-corrected chi connectivity index (χ3v) is 4.23. The Kier molecular flexibility index (Phi) is 3.44. The van der Waals surface area contributed by atoms with Crippen LogP contribution in [0.25, 0.3) is 16.9 Å². The molecule has 5 nitrogen and oxygen atoms in total. The van der Waals surface area contributed by atoms with Crippen molar-refractivity contribution in [3.63, 3.8) is 0 Å². The maximum atomic E-state index is 12.6. The highest BCUT2D eigenvalue weighted by atomic mass is 32.1. The SMILES string of the molecule is O=C(NCc1ccco1)c1nc2ccccn2c1-c1ccsc1. The largest absolute Gasteiger partial charge is 0.467 e. The molecule has 1 amide bonds. The van der Waals surface area contributed by atoms with Crippen molar-refractivity contribution in [1.29, 1.82) is 0 Å². The summed E-state index contributed by atoms with van der Waals surface area (Å²) in [4.78, 5) is 17.1. The van der Waals surface area contributed by atoms with Gasteiger partial charge in [-0.1, -0.05) is 6.07 Å². The summed E-state index contributed by atoms with van der Waals surface area (Å²) in [6.07, 6.45) is 3.50. The molecule has 4 aromatic heterocycles. The lowest BCUT2D eigenvalue weighted by molar-refractivity contribution is 0.0944. The molecule has 0 saturated heterocycles. The molecule has 23 heavy (non-hydrogen) atoms. The van der Waals surface area contributed by atoms with E-state index in [-0.39, 0.29) is 5.91 Å². The molecule has 0 spiro atoms. The molecule has 6 heteroatoms. The predicted molar refractivity (Wildman–Crippen MR) is 88.4 cm³/mol. The molecule has 4 heterocycles. The lowest BCUT2D eigenvalue weighted by Crippen LogP contribution is -2.23. The minimum Gasteiger partial charge on any atom is -0.467 e. The Hall–Kier alpha value is -2.86. The lowest BCUT2D eigenvalue weighted by Gasteiger charge is -2.04. The summed E-state index contributed by atoms with van der Waals surface area (Å²) in [6.45, 7) is 0.336. The van der Waals surface area contributed by atoms with Gasteiger partial charge in [0.15, 0.2) is 5.69 Å². The number of rotatable bonds is 4. The predicted octanol–water partition coefficient (Wildman–Crippen LogP) is 3.59. The summed E-state index contributed by atoms with van der Waals surface area (Å²) in [5.41, 5.74) is 2.95. The molecule has 0 fully saturated rings. The van der Waals surface area contributed by atoms with E-state index in [0.29, 0.717) is 18.0 Å². The second-order valence-corrected chi connectivity index (χ2v) is 5.79. The molecular formula is C17H13N3O2S. The molecular weight excluding hydrogens is 310 g/mol. The molecule has 0 unspecified atom stereocenters. The Morgan fingerprint density at radius 1 is 1.26 bits per heavy atom. The van der Waals surface area contributed by atoms with Crippen molar-refractivity contribution in [3.05, 3.63) is 71.1 Å². The number of hydrogen-bond donors (Lipinski definition) is 1. The fraction of sp³-hybridized carbons (Fsp3) is 0.0588. The molecule has 1 N–H and O–H groups in total. The van der Waals surface area contributed by atoms with Crippen LogP contribution >= 0.6 is 11.3 Å². The quantitative estimate of drug-likeness (QED) is 0.624. The van der Waals surface area contributed by atoms with Gasteiger partial charge < -0.3 is 9.73 Å². The minimum atomic E-state index is -0.216. The van der Waals surface area contributed by atoms with Gasteiger partial charge in [-0.2, -0.15) is 11.3 Å². The van der Waals surface area contributed by atoms with E-state index in [9.17, 15) is 4.79 Å². The van der Waals surface area contributed by atoms with Crippen molar-refractivity contribution in [1.82, 2.24) is 14.7 Å². The summed E-state index contributed by atoms with van der Waals surface area (Å²) in [6, 6.07) is 11.3. The Labute approximate surface area is 136 Å². The Morgan fingerprint density at radius 3 is 3.00 bits per heavy atom. The van der Waals surface area contributed by atoms with Crippen LogP contribution in [0.3, 0.4) is 0 Å². The minimum absolute atomic E-state index is 0.216.